The van der Waals surface area contributed by atoms with E-state index in [0.717, 1.165) is 11.0 Å². The van der Waals surface area contributed by atoms with Gasteiger partial charge in [0.05, 0.1) is 11.0 Å². The van der Waals surface area contributed by atoms with Gasteiger partial charge in [0.25, 0.3) is 0 Å². The van der Waals surface area contributed by atoms with Gasteiger partial charge < -0.3 is 17.6 Å². The van der Waals surface area contributed by atoms with Crippen LogP contribution < -0.4 is 0 Å². The van der Waals surface area contributed by atoms with Crippen LogP contribution in [0.4, 0.5) is 0 Å². The predicted molar refractivity (Wildman–Crippen MR) is 52.6 cm³/mol. The maximum absolute atomic E-state index is 4.96. The summed E-state index contributed by atoms with van der Waals surface area (Å²) < 4.78 is 0.531. The minimum absolute atomic E-state index is 0.462. The van der Waals surface area contributed by atoms with E-state index in [0.29, 0.717) is 9.67 Å². The molecule has 0 aliphatic heterocycles. The summed E-state index contributed by atoms with van der Waals surface area (Å²) in [7, 11) is 0. The first-order valence-corrected chi connectivity index (χ1v) is 4.25. The highest BCUT2D eigenvalue weighted by Crippen LogP contribution is 2.08. The lowest BCUT2D eigenvalue weighted by molar-refractivity contribution is 1.10. The number of hydrogen-bond donors (Lipinski definition) is 1. The van der Waals surface area contributed by atoms with Crippen LogP contribution in [0.5, 0.6) is 0 Å². The summed E-state index contributed by atoms with van der Waals surface area (Å²) in [6.07, 6.45) is 0. The van der Waals surface area contributed by atoms with Crippen molar-refractivity contribution < 1.29 is 0 Å². The minimum Gasteiger partial charge on any atom is -0.757 e. The molecule has 0 saturated heterocycles. The maximum atomic E-state index is 4.96. The minimum atomic E-state index is 0.462. The summed E-state index contributed by atoms with van der Waals surface area (Å²) in [6, 6.07) is 7.67. The van der Waals surface area contributed by atoms with E-state index in [1.807, 2.05) is 24.3 Å². The van der Waals surface area contributed by atoms with Crippen LogP contribution in [-0.4, -0.2) is 9.97 Å². The van der Waals surface area contributed by atoms with Crippen LogP contribution >= 0.6 is 12.2 Å². The Kier molecular flexibility index (Phi) is 1.78. The maximum Gasteiger partial charge on any atom is 0.102 e. The number of hydrogen-bond acceptors (Lipinski definition) is 3. The van der Waals surface area contributed by atoms with Gasteiger partial charge in [-0.1, -0.05) is 24.4 Å². The summed E-state index contributed by atoms with van der Waals surface area (Å²) in [6.45, 7) is 0. The Bertz CT molecular complexity index is 476. The molecule has 0 atom stereocenters. The molecule has 0 fully saturated rings. The molecule has 0 aliphatic rings. The van der Waals surface area contributed by atoms with Crippen LogP contribution in [0.1, 0.15) is 0 Å². The van der Waals surface area contributed by atoms with E-state index in [1.165, 1.54) is 0 Å². The summed E-state index contributed by atoms with van der Waals surface area (Å²) in [5.74, 6) is 0. The summed E-state index contributed by atoms with van der Waals surface area (Å²) in [4.78, 5) is 7.16. The van der Waals surface area contributed by atoms with E-state index in [4.69, 9.17) is 24.8 Å². The Labute approximate surface area is 80.1 Å². The van der Waals surface area contributed by atoms with Gasteiger partial charge in [0.1, 0.15) is 4.64 Å². The molecule has 0 spiro atoms. The van der Waals surface area contributed by atoms with Gasteiger partial charge in [0.15, 0.2) is 0 Å². The summed E-state index contributed by atoms with van der Waals surface area (Å²) in [5, 5.41) is 0.462. The second kappa shape index (κ2) is 2.80. The lowest BCUT2D eigenvalue weighted by Crippen LogP contribution is -1.87. The molecule has 0 bridgehead atoms. The van der Waals surface area contributed by atoms with E-state index in [2.05, 4.69) is 9.97 Å². The molecule has 4 heteroatoms. The molecule has 0 aliphatic carbocycles. The standard InChI is InChI=1S/C8H6N2S2/c11-7-8(12)10-6-4-2-1-3-5(6)9-7/h1-4H,(H,9,11)(H,10,12)/p-1. The zero-order valence-electron chi connectivity index (χ0n) is 6.07. The second-order valence-electron chi connectivity index (χ2n) is 2.39. The van der Waals surface area contributed by atoms with Crippen molar-refractivity contribution in [2.45, 2.75) is 5.03 Å². The van der Waals surface area contributed by atoms with E-state index in [1.54, 1.807) is 0 Å². The number of H-pyrrole nitrogens is 1. The Morgan fingerprint density at radius 1 is 1.33 bits per heavy atom. The summed E-state index contributed by atoms with van der Waals surface area (Å²) in [5.41, 5.74) is 1.78. The number of rotatable bonds is 0. The zero-order valence-corrected chi connectivity index (χ0v) is 7.71. The summed E-state index contributed by atoms with van der Waals surface area (Å²) >= 11 is 9.89. The number of para-hydroxylation sites is 2. The molecule has 0 unspecified atom stereocenters. The number of nitrogens with zero attached hydrogens (tertiary/aromatic N) is 1. The molecule has 1 N–H and O–H groups in total. The van der Waals surface area contributed by atoms with Crippen LogP contribution in [0, 0.1) is 4.64 Å². The number of fused-ring (bicyclic) bond motifs is 1. The van der Waals surface area contributed by atoms with Crippen LogP contribution in [0.3, 0.4) is 0 Å². The van der Waals surface area contributed by atoms with Gasteiger partial charge in [-0.3, -0.25) is 4.98 Å². The Morgan fingerprint density at radius 2 is 2.08 bits per heavy atom. The van der Waals surface area contributed by atoms with Gasteiger partial charge in [0.2, 0.25) is 0 Å². The van der Waals surface area contributed by atoms with Gasteiger partial charge >= 0.3 is 0 Å². The number of benzene rings is 1. The van der Waals surface area contributed by atoms with Gasteiger partial charge in [-0.25, -0.2) is 0 Å². The van der Waals surface area contributed by atoms with Gasteiger partial charge in [-0.2, -0.15) is 0 Å². The van der Waals surface area contributed by atoms with Crippen molar-refractivity contribution in [3.8, 4) is 0 Å². The van der Waals surface area contributed by atoms with E-state index in [9.17, 15) is 0 Å². The van der Waals surface area contributed by atoms with Crippen molar-refractivity contribution in [1.82, 2.24) is 9.97 Å². The molecule has 12 heavy (non-hydrogen) atoms. The smallest absolute Gasteiger partial charge is 0.102 e. The number of aromatic amines is 1. The molecule has 1 aromatic carbocycles. The molecule has 0 saturated carbocycles. The van der Waals surface area contributed by atoms with Gasteiger partial charge in [-0.05, 0) is 17.2 Å². The molecular weight excluding hydrogens is 188 g/mol. The third-order valence-electron chi connectivity index (χ3n) is 1.57. The first-order chi connectivity index (χ1) is 5.77. The van der Waals surface area contributed by atoms with Crippen molar-refractivity contribution in [3.63, 3.8) is 0 Å². The predicted octanol–water partition coefficient (Wildman–Crippen LogP) is 2.20. The second-order valence-corrected chi connectivity index (χ2v) is 3.18. The lowest BCUT2D eigenvalue weighted by atomic mass is 10.3. The van der Waals surface area contributed by atoms with Crippen molar-refractivity contribution >= 4 is 35.9 Å². The van der Waals surface area contributed by atoms with Crippen LogP contribution in [0.15, 0.2) is 29.3 Å². The fourth-order valence-corrected chi connectivity index (χ4v) is 1.32. The highest BCUT2D eigenvalue weighted by Gasteiger charge is 1.90. The van der Waals surface area contributed by atoms with E-state index < -0.39 is 0 Å². The molecule has 1 aromatic heterocycles. The van der Waals surface area contributed by atoms with E-state index in [-0.39, 0.29) is 0 Å². The average Bonchev–Trinajstić information content (AvgIpc) is 2.07. The molecule has 1 heterocycles. The molecule has 0 radical (unpaired) electrons. The van der Waals surface area contributed by atoms with Crippen LogP contribution in [-0.2, 0) is 12.6 Å². The Morgan fingerprint density at radius 3 is 2.92 bits per heavy atom. The molecule has 60 valence electrons. The SMILES string of the molecule is S=c1[nH]c2ccccc2nc1[S-]. The van der Waals surface area contributed by atoms with Crippen molar-refractivity contribution in [1.29, 1.82) is 0 Å². The molecular formula is C8H5N2S2-. The largest absolute Gasteiger partial charge is 0.757 e. The Hall–Kier alpha value is -1.00. The third-order valence-corrected chi connectivity index (χ3v) is 2.29. The normalized spacial score (nSPS) is 10.3. The Balaban J connectivity index is 2.93. The lowest BCUT2D eigenvalue weighted by Gasteiger charge is -2.05. The molecule has 2 nitrogen and oxygen atoms in total. The molecule has 2 aromatic rings. The van der Waals surface area contributed by atoms with Crippen LogP contribution in [0.25, 0.3) is 11.0 Å². The van der Waals surface area contributed by atoms with Crippen molar-refractivity contribution in [2.75, 3.05) is 0 Å². The highest BCUT2D eigenvalue weighted by molar-refractivity contribution is 7.72. The fraction of sp³-hybridized carbons (Fsp3) is 0. The topological polar surface area (TPSA) is 28.7 Å². The number of aromatic nitrogens is 2. The first-order valence-electron chi connectivity index (χ1n) is 3.43. The third kappa shape index (κ3) is 1.19. The first kappa shape index (κ1) is 7.64. The zero-order chi connectivity index (χ0) is 8.55. The fourth-order valence-electron chi connectivity index (χ4n) is 1.01. The van der Waals surface area contributed by atoms with Crippen molar-refractivity contribution in [3.05, 3.63) is 28.9 Å². The monoisotopic (exact) mass is 193 g/mol. The van der Waals surface area contributed by atoms with Gasteiger partial charge in [0, 0.05) is 0 Å². The van der Waals surface area contributed by atoms with Crippen molar-refractivity contribution in [2.24, 2.45) is 0 Å². The highest BCUT2D eigenvalue weighted by atomic mass is 32.1. The number of nitrogens with one attached hydrogen (secondary N) is 1. The molecule has 0 amide bonds. The van der Waals surface area contributed by atoms with Crippen LogP contribution in [0.2, 0.25) is 0 Å². The van der Waals surface area contributed by atoms with Gasteiger partial charge in [-0.15, -0.1) is 0 Å². The molecule has 2 rings (SSSR count). The quantitative estimate of drug-likeness (QED) is 0.513. The van der Waals surface area contributed by atoms with E-state index >= 15 is 0 Å². The average molecular weight is 193 g/mol.